The number of nitrogens with zero attached hydrogens (tertiary/aromatic N) is 3. The number of amides is 1. The summed E-state index contributed by atoms with van der Waals surface area (Å²) in [5, 5.41) is 14.9. The number of anilines is 1. The van der Waals surface area contributed by atoms with Gasteiger partial charge in [-0.05, 0) is 25.5 Å². The number of carbonyl (C=O) groups is 2. The van der Waals surface area contributed by atoms with Gasteiger partial charge in [0.15, 0.2) is 5.82 Å². The standard InChI is InChI=1S/C18H15Cl2F3N4O3/c1-2-30-15(29)5-3-4-14(28)26-17-10(8-24)9-25-27(17)16-12(19)6-11(7-13(16)20)18(21,22)23/h6-7,9H,2-5H2,1H3,(H,26,28). The van der Waals surface area contributed by atoms with Gasteiger partial charge in [0.2, 0.25) is 5.91 Å². The van der Waals surface area contributed by atoms with Gasteiger partial charge in [0.1, 0.15) is 17.3 Å². The van der Waals surface area contributed by atoms with Crippen LogP contribution in [0.3, 0.4) is 0 Å². The van der Waals surface area contributed by atoms with E-state index in [2.05, 4.69) is 10.4 Å². The third-order valence-electron chi connectivity index (χ3n) is 3.79. The minimum absolute atomic E-state index is 0.0300. The topological polar surface area (TPSA) is 97.0 Å². The summed E-state index contributed by atoms with van der Waals surface area (Å²) < 4.78 is 44.6. The molecule has 1 heterocycles. The van der Waals surface area contributed by atoms with Crippen LogP contribution < -0.4 is 5.32 Å². The summed E-state index contributed by atoms with van der Waals surface area (Å²) in [6, 6.07) is 3.15. The smallest absolute Gasteiger partial charge is 0.416 e. The highest BCUT2D eigenvalue weighted by molar-refractivity contribution is 6.38. The molecular weight excluding hydrogens is 448 g/mol. The lowest BCUT2D eigenvalue weighted by Gasteiger charge is -2.15. The Bertz CT molecular complexity index is 977. The number of aromatic nitrogens is 2. The molecule has 1 aromatic carbocycles. The van der Waals surface area contributed by atoms with Crippen molar-refractivity contribution in [2.24, 2.45) is 0 Å². The first-order valence-electron chi connectivity index (χ1n) is 8.58. The van der Waals surface area contributed by atoms with Crippen molar-refractivity contribution in [3.63, 3.8) is 0 Å². The Morgan fingerprint density at radius 2 is 1.90 bits per heavy atom. The Morgan fingerprint density at radius 1 is 1.27 bits per heavy atom. The number of hydrogen-bond acceptors (Lipinski definition) is 5. The van der Waals surface area contributed by atoms with E-state index in [9.17, 15) is 28.0 Å². The number of nitrogens with one attached hydrogen (secondary N) is 1. The third-order valence-corrected chi connectivity index (χ3v) is 4.37. The van der Waals surface area contributed by atoms with E-state index in [1.165, 1.54) is 0 Å². The summed E-state index contributed by atoms with van der Waals surface area (Å²) in [7, 11) is 0. The second-order valence-electron chi connectivity index (χ2n) is 5.92. The zero-order chi connectivity index (χ0) is 22.5. The molecule has 30 heavy (non-hydrogen) atoms. The van der Waals surface area contributed by atoms with Crippen molar-refractivity contribution in [3.8, 4) is 11.8 Å². The Labute approximate surface area is 179 Å². The Balaban J connectivity index is 2.29. The Morgan fingerprint density at radius 3 is 2.43 bits per heavy atom. The van der Waals surface area contributed by atoms with Crippen molar-refractivity contribution in [1.82, 2.24) is 9.78 Å². The average Bonchev–Trinajstić information content (AvgIpc) is 3.03. The minimum atomic E-state index is -4.66. The molecule has 160 valence electrons. The van der Waals surface area contributed by atoms with Crippen molar-refractivity contribution >= 4 is 40.9 Å². The van der Waals surface area contributed by atoms with Crippen LogP contribution in [0.2, 0.25) is 10.0 Å². The molecule has 0 saturated heterocycles. The normalized spacial score (nSPS) is 11.1. The lowest BCUT2D eigenvalue weighted by Crippen LogP contribution is -2.17. The van der Waals surface area contributed by atoms with Crippen molar-refractivity contribution in [1.29, 1.82) is 5.26 Å². The molecule has 12 heteroatoms. The number of esters is 1. The van der Waals surface area contributed by atoms with Crippen molar-refractivity contribution < 1.29 is 27.5 Å². The van der Waals surface area contributed by atoms with Gasteiger partial charge in [-0.3, -0.25) is 9.59 Å². The first kappa shape index (κ1) is 23.5. The van der Waals surface area contributed by atoms with Crippen LogP contribution in [-0.4, -0.2) is 28.3 Å². The number of halogens is 5. The molecule has 0 fully saturated rings. The van der Waals surface area contributed by atoms with Crippen molar-refractivity contribution in [3.05, 3.63) is 39.5 Å². The van der Waals surface area contributed by atoms with Crippen LogP contribution in [0.4, 0.5) is 19.0 Å². The number of carbonyl (C=O) groups excluding carboxylic acids is 2. The molecule has 0 aliphatic heterocycles. The lowest BCUT2D eigenvalue weighted by molar-refractivity contribution is -0.143. The molecule has 0 atom stereocenters. The second-order valence-corrected chi connectivity index (χ2v) is 6.74. The number of ether oxygens (including phenoxy) is 1. The number of nitriles is 1. The van der Waals surface area contributed by atoms with Gasteiger partial charge in [0.25, 0.3) is 0 Å². The molecule has 0 aliphatic rings. The van der Waals surface area contributed by atoms with Gasteiger partial charge in [0, 0.05) is 12.8 Å². The van der Waals surface area contributed by atoms with Gasteiger partial charge in [-0.15, -0.1) is 0 Å². The zero-order valence-electron chi connectivity index (χ0n) is 15.5. The molecule has 7 nitrogen and oxygen atoms in total. The molecule has 0 spiro atoms. The van der Waals surface area contributed by atoms with Gasteiger partial charge in [-0.1, -0.05) is 23.2 Å². The maximum atomic E-state index is 12.9. The SMILES string of the molecule is CCOC(=O)CCCC(=O)Nc1c(C#N)cnn1-c1c(Cl)cc(C(F)(F)F)cc1Cl. The highest BCUT2D eigenvalue weighted by Gasteiger charge is 2.32. The van der Waals surface area contributed by atoms with Gasteiger partial charge < -0.3 is 10.1 Å². The molecule has 0 aliphatic carbocycles. The molecular formula is C18H15Cl2F3N4O3. The highest BCUT2D eigenvalue weighted by atomic mass is 35.5. The predicted octanol–water partition coefficient (Wildman–Crippen LogP) is 4.74. The van der Waals surface area contributed by atoms with Gasteiger partial charge in [0.05, 0.1) is 28.4 Å². The summed E-state index contributed by atoms with van der Waals surface area (Å²) in [6.07, 6.45) is -3.39. The molecule has 1 amide bonds. The molecule has 0 unspecified atom stereocenters. The summed E-state index contributed by atoms with van der Waals surface area (Å²) in [5.74, 6) is -1.10. The maximum absolute atomic E-state index is 12.9. The van der Waals surface area contributed by atoms with Crippen LogP contribution in [0, 0.1) is 11.3 Å². The zero-order valence-corrected chi connectivity index (χ0v) is 17.0. The summed E-state index contributed by atoms with van der Waals surface area (Å²) in [4.78, 5) is 23.6. The van der Waals surface area contributed by atoms with Crippen LogP contribution >= 0.6 is 23.2 Å². The molecule has 1 aromatic heterocycles. The van der Waals surface area contributed by atoms with E-state index >= 15 is 0 Å². The summed E-state index contributed by atoms with van der Waals surface area (Å²) in [5.41, 5.74) is -1.24. The van der Waals surface area contributed by atoms with Gasteiger partial charge in [-0.25, -0.2) is 4.68 Å². The first-order chi connectivity index (χ1) is 14.1. The average molecular weight is 463 g/mol. The molecule has 0 saturated carbocycles. The molecule has 0 radical (unpaired) electrons. The largest absolute Gasteiger partial charge is 0.466 e. The predicted molar refractivity (Wildman–Crippen MR) is 102 cm³/mol. The molecule has 1 N–H and O–H groups in total. The molecule has 0 bridgehead atoms. The quantitative estimate of drug-likeness (QED) is 0.599. The first-order valence-corrected chi connectivity index (χ1v) is 9.34. The summed E-state index contributed by atoms with van der Waals surface area (Å²) in [6.45, 7) is 1.89. The monoisotopic (exact) mass is 462 g/mol. The van der Waals surface area contributed by atoms with E-state index < -0.39 is 23.6 Å². The van der Waals surface area contributed by atoms with Crippen LogP contribution in [0.25, 0.3) is 5.69 Å². The van der Waals surface area contributed by atoms with E-state index in [1.54, 1.807) is 6.92 Å². The number of rotatable bonds is 7. The Hall–Kier alpha value is -2.77. The second kappa shape index (κ2) is 9.82. The maximum Gasteiger partial charge on any atom is 0.416 e. The number of benzene rings is 1. The highest BCUT2D eigenvalue weighted by Crippen LogP contribution is 2.38. The van der Waals surface area contributed by atoms with E-state index in [0.29, 0.717) is 12.1 Å². The number of hydrogen-bond donors (Lipinski definition) is 1. The van der Waals surface area contributed by atoms with Crippen LogP contribution in [0.1, 0.15) is 37.3 Å². The fourth-order valence-corrected chi connectivity index (χ4v) is 3.12. The van der Waals surface area contributed by atoms with Crippen molar-refractivity contribution in [2.75, 3.05) is 11.9 Å². The van der Waals surface area contributed by atoms with Crippen LogP contribution in [0.15, 0.2) is 18.3 Å². The van der Waals surface area contributed by atoms with Crippen LogP contribution in [-0.2, 0) is 20.5 Å². The number of alkyl halides is 3. The Kier molecular flexibility index (Phi) is 7.70. The summed E-state index contributed by atoms with van der Waals surface area (Å²) >= 11 is 12.0. The molecule has 2 aromatic rings. The van der Waals surface area contributed by atoms with E-state index in [4.69, 9.17) is 27.9 Å². The fourth-order valence-electron chi connectivity index (χ4n) is 2.47. The van der Waals surface area contributed by atoms with E-state index in [0.717, 1.165) is 10.9 Å². The van der Waals surface area contributed by atoms with Crippen molar-refractivity contribution in [2.45, 2.75) is 32.4 Å². The van der Waals surface area contributed by atoms with Gasteiger partial charge >= 0.3 is 12.1 Å². The van der Waals surface area contributed by atoms with E-state index in [1.807, 2.05) is 6.07 Å². The lowest BCUT2D eigenvalue weighted by atomic mass is 10.2. The fraction of sp³-hybridized carbons (Fsp3) is 0.333. The molecule has 2 rings (SSSR count). The minimum Gasteiger partial charge on any atom is -0.466 e. The third kappa shape index (κ3) is 5.64. The van der Waals surface area contributed by atoms with Crippen LogP contribution in [0.5, 0.6) is 0 Å². The van der Waals surface area contributed by atoms with E-state index in [-0.39, 0.29) is 53.0 Å². The van der Waals surface area contributed by atoms with Gasteiger partial charge in [-0.2, -0.15) is 23.5 Å².